The minimum absolute atomic E-state index is 0.138. The lowest BCUT2D eigenvalue weighted by atomic mass is 10.00. The number of likely N-dealkylation sites (tertiary alicyclic amines) is 1. The van der Waals surface area contributed by atoms with E-state index in [-0.39, 0.29) is 10.8 Å². The smallest absolute Gasteiger partial charge is 0.258 e. The monoisotopic (exact) mass is 502 g/mol. The maximum Gasteiger partial charge on any atom is 0.258 e. The van der Waals surface area contributed by atoms with Crippen molar-refractivity contribution in [3.63, 3.8) is 0 Å². The molecule has 0 atom stereocenters. The first-order valence-electron chi connectivity index (χ1n) is 12.1. The predicted molar refractivity (Wildman–Crippen MR) is 144 cm³/mol. The highest BCUT2D eigenvalue weighted by molar-refractivity contribution is 7.89. The molecule has 8 heteroatoms. The van der Waals surface area contributed by atoms with Crippen LogP contribution in [-0.4, -0.2) is 50.7 Å². The van der Waals surface area contributed by atoms with E-state index in [0.717, 1.165) is 30.9 Å². The van der Waals surface area contributed by atoms with E-state index in [0.29, 0.717) is 22.5 Å². The van der Waals surface area contributed by atoms with E-state index in [9.17, 15) is 13.2 Å². The highest BCUT2D eigenvalue weighted by Gasteiger charge is 2.30. The van der Waals surface area contributed by atoms with Gasteiger partial charge in [0.1, 0.15) is 0 Å². The Kier molecular flexibility index (Phi) is 6.66. The Balaban J connectivity index is 1.55. The van der Waals surface area contributed by atoms with Gasteiger partial charge in [0.2, 0.25) is 10.0 Å². The maximum absolute atomic E-state index is 13.2. The summed E-state index contributed by atoms with van der Waals surface area (Å²) in [6.07, 6.45) is 2.52. The van der Waals surface area contributed by atoms with E-state index in [1.165, 1.54) is 42.9 Å². The zero-order valence-corrected chi connectivity index (χ0v) is 21.3. The lowest BCUT2D eigenvalue weighted by Crippen LogP contribution is -2.22. The van der Waals surface area contributed by atoms with Gasteiger partial charge in [-0.1, -0.05) is 42.5 Å². The number of carbonyl (C=O) groups excluding carboxylic acids is 1. The topological polar surface area (TPSA) is 81.8 Å². The molecule has 36 heavy (non-hydrogen) atoms. The molecule has 2 aliphatic rings. The molecule has 0 aromatic heterocycles. The second-order valence-corrected chi connectivity index (χ2v) is 11.5. The van der Waals surface area contributed by atoms with Gasteiger partial charge < -0.3 is 10.6 Å². The van der Waals surface area contributed by atoms with Crippen LogP contribution in [-0.2, 0) is 21.4 Å². The van der Waals surface area contributed by atoms with E-state index in [4.69, 9.17) is 0 Å². The molecule has 186 valence electrons. The first-order chi connectivity index (χ1) is 17.3. The number of hydrogen-bond acceptors (Lipinski definition) is 5. The SMILES string of the molecule is CN(C)S(=O)(=O)c1ccc2c(c1)/C(=C(/Nc1ccc(CN3CCCC3)cc1)c1ccccc1)C(=O)N2. The minimum atomic E-state index is -3.66. The van der Waals surface area contributed by atoms with Crippen LogP contribution in [0.4, 0.5) is 11.4 Å². The number of nitrogens with one attached hydrogen (secondary N) is 2. The quantitative estimate of drug-likeness (QED) is 0.466. The number of nitrogens with zero attached hydrogens (tertiary/aromatic N) is 2. The van der Waals surface area contributed by atoms with Gasteiger partial charge in [-0.25, -0.2) is 12.7 Å². The average Bonchev–Trinajstić information content (AvgIpc) is 3.50. The number of fused-ring (bicyclic) bond motifs is 1. The third-order valence-corrected chi connectivity index (χ3v) is 8.47. The van der Waals surface area contributed by atoms with Gasteiger partial charge in [0, 0.05) is 37.6 Å². The average molecular weight is 503 g/mol. The van der Waals surface area contributed by atoms with Gasteiger partial charge in [-0.05, 0) is 67.4 Å². The van der Waals surface area contributed by atoms with Crippen LogP contribution in [0.1, 0.15) is 29.5 Å². The molecule has 3 aromatic carbocycles. The number of anilines is 2. The Morgan fingerprint density at radius 3 is 2.33 bits per heavy atom. The summed E-state index contributed by atoms with van der Waals surface area (Å²) in [5, 5.41) is 6.35. The zero-order valence-electron chi connectivity index (χ0n) is 20.5. The van der Waals surface area contributed by atoms with Crippen molar-refractivity contribution in [2.24, 2.45) is 0 Å². The van der Waals surface area contributed by atoms with Crippen LogP contribution in [0.5, 0.6) is 0 Å². The molecule has 2 N–H and O–H groups in total. The number of rotatable bonds is 7. The summed E-state index contributed by atoms with van der Waals surface area (Å²) in [6, 6.07) is 22.6. The lowest BCUT2D eigenvalue weighted by molar-refractivity contribution is -0.110. The molecule has 0 unspecified atom stereocenters. The van der Waals surface area contributed by atoms with Crippen molar-refractivity contribution in [3.8, 4) is 0 Å². The highest BCUT2D eigenvalue weighted by Crippen LogP contribution is 2.39. The minimum Gasteiger partial charge on any atom is -0.354 e. The Morgan fingerprint density at radius 1 is 0.972 bits per heavy atom. The third kappa shape index (κ3) is 4.80. The standard InChI is InChI=1S/C28H30N4O3S/c1-31(2)36(34,35)23-14-15-25-24(18-23)26(28(33)30-25)27(21-8-4-3-5-9-21)29-22-12-10-20(11-13-22)19-32-16-6-7-17-32/h3-5,8-15,18,29H,6-7,16-17,19H2,1-2H3,(H,30,33)/b27-26-. The van der Waals surface area contributed by atoms with E-state index >= 15 is 0 Å². The summed E-state index contributed by atoms with van der Waals surface area (Å²) in [5.41, 5.74) is 5.11. The van der Waals surface area contributed by atoms with Gasteiger partial charge in [-0.15, -0.1) is 0 Å². The van der Waals surface area contributed by atoms with Crippen molar-refractivity contribution >= 4 is 38.6 Å². The fourth-order valence-corrected chi connectivity index (χ4v) is 5.61. The molecule has 1 saturated heterocycles. The molecule has 3 aromatic rings. The number of sulfonamides is 1. The fourth-order valence-electron chi connectivity index (χ4n) is 4.69. The Morgan fingerprint density at radius 2 is 1.67 bits per heavy atom. The Hall–Kier alpha value is -3.46. The van der Waals surface area contributed by atoms with Gasteiger partial charge in [-0.3, -0.25) is 9.69 Å². The fraction of sp³-hybridized carbons (Fsp3) is 0.250. The molecule has 0 saturated carbocycles. The van der Waals surface area contributed by atoms with Crippen molar-refractivity contribution in [1.29, 1.82) is 0 Å². The number of amides is 1. The second kappa shape index (κ2) is 9.89. The van der Waals surface area contributed by atoms with E-state index in [2.05, 4.69) is 27.7 Å². The van der Waals surface area contributed by atoms with Crippen LogP contribution >= 0.6 is 0 Å². The molecular formula is C28H30N4O3S. The Bertz CT molecular complexity index is 1410. The number of hydrogen-bond donors (Lipinski definition) is 2. The molecule has 2 aliphatic heterocycles. The van der Waals surface area contributed by atoms with Gasteiger partial charge in [-0.2, -0.15) is 0 Å². The van der Waals surface area contributed by atoms with Gasteiger partial charge >= 0.3 is 0 Å². The number of benzene rings is 3. The molecule has 0 aliphatic carbocycles. The van der Waals surface area contributed by atoms with Crippen LogP contribution in [0.25, 0.3) is 11.3 Å². The van der Waals surface area contributed by atoms with Crippen molar-refractivity contribution < 1.29 is 13.2 Å². The van der Waals surface area contributed by atoms with Crippen LogP contribution in [0, 0.1) is 0 Å². The molecule has 7 nitrogen and oxygen atoms in total. The zero-order chi connectivity index (χ0) is 25.3. The lowest BCUT2D eigenvalue weighted by Gasteiger charge is -2.17. The second-order valence-electron chi connectivity index (χ2n) is 9.37. The predicted octanol–water partition coefficient (Wildman–Crippen LogP) is 4.47. The van der Waals surface area contributed by atoms with Crippen molar-refractivity contribution in [1.82, 2.24) is 9.21 Å². The molecule has 0 spiro atoms. The maximum atomic E-state index is 13.2. The van der Waals surface area contributed by atoms with E-state index in [1.807, 2.05) is 42.5 Å². The molecule has 1 fully saturated rings. The molecule has 2 heterocycles. The number of carbonyl (C=O) groups is 1. The van der Waals surface area contributed by atoms with Crippen molar-refractivity contribution in [2.45, 2.75) is 24.3 Å². The van der Waals surface area contributed by atoms with Crippen LogP contribution in [0.2, 0.25) is 0 Å². The van der Waals surface area contributed by atoms with Crippen LogP contribution in [0.15, 0.2) is 77.7 Å². The summed E-state index contributed by atoms with van der Waals surface area (Å²) in [6.45, 7) is 3.22. The Labute approximate surface area is 212 Å². The molecule has 5 rings (SSSR count). The summed E-state index contributed by atoms with van der Waals surface area (Å²) in [7, 11) is -0.670. The van der Waals surface area contributed by atoms with Crippen LogP contribution in [0.3, 0.4) is 0 Å². The van der Waals surface area contributed by atoms with Gasteiger partial charge in [0.15, 0.2) is 0 Å². The van der Waals surface area contributed by atoms with Gasteiger partial charge in [0.05, 0.1) is 16.2 Å². The van der Waals surface area contributed by atoms with Crippen molar-refractivity contribution in [3.05, 3.63) is 89.5 Å². The summed E-state index contributed by atoms with van der Waals surface area (Å²) in [5.74, 6) is -0.276. The molecule has 0 radical (unpaired) electrons. The van der Waals surface area contributed by atoms with Crippen LogP contribution < -0.4 is 10.6 Å². The summed E-state index contributed by atoms with van der Waals surface area (Å²) in [4.78, 5) is 15.8. The first kappa shape index (κ1) is 24.2. The molecule has 1 amide bonds. The van der Waals surface area contributed by atoms with E-state index < -0.39 is 10.0 Å². The molecular weight excluding hydrogens is 472 g/mol. The third-order valence-electron chi connectivity index (χ3n) is 6.65. The van der Waals surface area contributed by atoms with Gasteiger partial charge in [0.25, 0.3) is 5.91 Å². The highest BCUT2D eigenvalue weighted by atomic mass is 32.2. The normalized spacial score (nSPS) is 17.2. The van der Waals surface area contributed by atoms with E-state index in [1.54, 1.807) is 12.1 Å². The summed E-state index contributed by atoms with van der Waals surface area (Å²) >= 11 is 0. The summed E-state index contributed by atoms with van der Waals surface area (Å²) < 4.78 is 26.8. The largest absolute Gasteiger partial charge is 0.354 e. The van der Waals surface area contributed by atoms with Crippen molar-refractivity contribution in [2.75, 3.05) is 37.8 Å². The molecule has 0 bridgehead atoms. The first-order valence-corrected chi connectivity index (χ1v) is 13.5.